The lowest BCUT2D eigenvalue weighted by Gasteiger charge is -2.31. The van der Waals surface area contributed by atoms with E-state index in [9.17, 15) is 14.7 Å². The van der Waals surface area contributed by atoms with Crippen LogP contribution in [-0.2, 0) is 4.79 Å². The second-order valence-electron chi connectivity index (χ2n) is 7.72. The summed E-state index contributed by atoms with van der Waals surface area (Å²) in [6.07, 6.45) is 3.19. The average molecular weight is 371 g/mol. The number of aryl methyl sites for hydroxylation is 1. The van der Waals surface area contributed by atoms with Crippen LogP contribution in [0.4, 0.5) is 5.69 Å². The van der Waals surface area contributed by atoms with E-state index in [4.69, 9.17) is 10.5 Å². The molecule has 1 fully saturated rings. The number of rotatable bonds is 6. The summed E-state index contributed by atoms with van der Waals surface area (Å²) in [5.74, 6) is -0.764. The molecule has 1 aliphatic carbocycles. The first kappa shape index (κ1) is 18.9. The van der Waals surface area contributed by atoms with Crippen LogP contribution >= 0.6 is 0 Å². The molecule has 0 bridgehead atoms. The summed E-state index contributed by atoms with van der Waals surface area (Å²) in [6, 6.07) is 5.49. The number of nitrogens with one attached hydrogen (secondary N) is 1. The van der Waals surface area contributed by atoms with Crippen molar-refractivity contribution in [2.45, 2.75) is 46.1 Å². The minimum Gasteiger partial charge on any atom is -0.492 e. The molecule has 3 rings (SSSR count). The van der Waals surface area contributed by atoms with Gasteiger partial charge in [0.15, 0.2) is 0 Å². The zero-order valence-corrected chi connectivity index (χ0v) is 15.8. The van der Waals surface area contributed by atoms with Crippen LogP contribution in [0.1, 0.15) is 49.2 Å². The van der Waals surface area contributed by atoms with Crippen molar-refractivity contribution >= 4 is 28.5 Å². The summed E-state index contributed by atoms with van der Waals surface area (Å²) in [4.78, 5) is 28.4. The fourth-order valence-electron chi connectivity index (χ4n) is 3.09. The molecule has 0 unspecified atom stereocenters. The van der Waals surface area contributed by atoms with Crippen LogP contribution in [0.3, 0.4) is 0 Å². The molecule has 1 aromatic carbocycles. The minimum absolute atomic E-state index is 0.0273. The number of pyridine rings is 1. The average Bonchev–Trinajstić information content (AvgIpc) is 2.55. The molecule has 0 saturated heterocycles. The number of ether oxygens (including phenoxy) is 1. The quantitative estimate of drug-likeness (QED) is 0.719. The van der Waals surface area contributed by atoms with E-state index in [1.54, 1.807) is 25.1 Å². The Morgan fingerprint density at radius 2 is 2.07 bits per heavy atom. The predicted molar refractivity (Wildman–Crippen MR) is 103 cm³/mol. The monoisotopic (exact) mass is 371 g/mol. The van der Waals surface area contributed by atoms with Gasteiger partial charge in [-0.1, -0.05) is 6.07 Å². The molecule has 144 valence electrons. The lowest BCUT2D eigenvalue weighted by molar-refractivity contribution is -0.132. The molecule has 4 N–H and O–H groups in total. The van der Waals surface area contributed by atoms with Crippen molar-refractivity contribution in [1.82, 2.24) is 10.3 Å². The second kappa shape index (κ2) is 7.06. The molecule has 0 atom stereocenters. The van der Waals surface area contributed by atoms with E-state index in [0.717, 1.165) is 19.3 Å². The first-order chi connectivity index (χ1) is 12.7. The second-order valence-corrected chi connectivity index (χ2v) is 7.72. The number of hydrogen-bond donors (Lipinski definition) is 3. The lowest BCUT2D eigenvalue weighted by Crippen LogP contribution is -2.47. The molecule has 27 heavy (non-hydrogen) atoms. The van der Waals surface area contributed by atoms with E-state index in [2.05, 4.69) is 10.3 Å². The largest absolute Gasteiger partial charge is 0.492 e. The first-order valence-electron chi connectivity index (χ1n) is 9.06. The minimum atomic E-state index is -1.13. The van der Waals surface area contributed by atoms with Gasteiger partial charge in [-0.25, -0.2) is 4.79 Å². The Hall–Kier alpha value is -2.83. The Morgan fingerprint density at radius 1 is 1.37 bits per heavy atom. The van der Waals surface area contributed by atoms with Crippen LogP contribution in [0.25, 0.3) is 10.9 Å². The van der Waals surface area contributed by atoms with Gasteiger partial charge in [-0.05, 0) is 52.2 Å². The molecule has 1 saturated carbocycles. The number of anilines is 1. The van der Waals surface area contributed by atoms with E-state index in [1.165, 1.54) is 0 Å². The number of carbonyl (C=O) groups is 2. The number of nitrogens with two attached hydrogens (primary N) is 1. The Balaban J connectivity index is 1.87. The molecule has 0 radical (unpaired) electrons. The van der Waals surface area contributed by atoms with Crippen molar-refractivity contribution in [2.75, 3.05) is 12.3 Å². The molecular weight excluding hydrogens is 346 g/mol. The summed E-state index contributed by atoms with van der Waals surface area (Å²) in [7, 11) is 0. The van der Waals surface area contributed by atoms with Crippen molar-refractivity contribution in [3.63, 3.8) is 0 Å². The van der Waals surface area contributed by atoms with E-state index in [0.29, 0.717) is 22.3 Å². The summed E-state index contributed by atoms with van der Waals surface area (Å²) in [5, 5.41) is 12.9. The summed E-state index contributed by atoms with van der Waals surface area (Å²) in [6.45, 7) is 5.39. The van der Waals surface area contributed by atoms with E-state index in [1.807, 2.05) is 13.8 Å². The van der Waals surface area contributed by atoms with Crippen LogP contribution in [0.2, 0.25) is 0 Å². The number of nitrogens with zero attached hydrogens (tertiary/aromatic N) is 1. The predicted octanol–water partition coefficient (Wildman–Crippen LogP) is 2.90. The Labute approximate surface area is 157 Å². The van der Waals surface area contributed by atoms with Gasteiger partial charge >= 0.3 is 5.97 Å². The molecule has 2 aromatic rings. The highest BCUT2D eigenvalue weighted by Gasteiger charge is 2.32. The van der Waals surface area contributed by atoms with Crippen molar-refractivity contribution in [1.29, 1.82) is 0 Å². The number of carboxylic acids is 1. The Morgan fingerprint density at radius 3 is 2.67 bits per heavy atom. The normalized spacial score (nSPS) is 14.6. The molecular formula is C20H25N3O4. The molecule has 1 amide bonds. The summed E-state index contributed by atoms with van der Waals surface area (Å²) in [5.41, 5.74) is 6.40. The van der Waals surface area contributed by atoms with Gasteiger partial charge in [0, 0.05) is 6.04 Å². The fourth-order valence-corrected chi connectivity index (χ4v) is 3.09. The molecule has 1 heterocycles. The first-order valence-corrected chi connectivity index (χ1v) is 9.06. The number of nitrogen functional groups attached to an aromatic ring is 1. The topological polar surface area (TPSA) is 115 Å². The highest BCUT2D eigenvalue weighted by atomic mass is 16.5. The van der Waals surface area contributed by atoms with Gasteiger partial charge in [0.1, 0.15) is 17.9 Å². The summed E-state index contributed by atoms with van der Waals surface area (Å²) < 4.78 is 5.92. The third-order valence-corrected chi connectivity index (χ3v) is 5.05. The fraction of sp³-hybridized carbons (Fsp3) is 0.450. The van der Waals surface area contributed by atoms with E-state index in [-0.39, 0.29) is 29.8 Å². The maximum Gasteiger partial charge on any atom is 0.339 e. The maximum atomic E-state index is 12.5. The SMILES string of the molecule is Cc1nc2cccc(OCC(C)(C)C(=O)NC3CCC3)c2c(N)c1C(=O)O. The molecule has 1 aromatic heterocycles. The van der Waals surface area contributed by atoms with Gasteiger partial charge in [-0.2, -0.15) is 0 Å². The molecule has 7 heteroatoms. The molecule has 0 aliphatic heterocycles. The molecule has 1 aliphatic rings. The Kier molecular flexibility index (Phi) is 4.95. The number of fused-ring (bicyclic) bond motifs is 1. The van der Waals surface area contributed by atoms with Crippen molar-refractivity contribution in [2.24, 2.45) is 5.41 Å². The number of aromatic carboxylic acids is 1. The van der Waals surface area contributed by atoms with Crippen molar-refractivity contribution < 1.29 is 19.4 Å². The van der Waals surface area contributed by atoms with Crippen LogP contribution < -0.4 is 15.8 Å². The van der Waals surface area contributed by atoms with Gasteiger partial charge in [-0.15, -0.1) is 0 Å². The standard InChI is InChI=1S/C20H25N3O4/c1-11-15(18(24)25)17(21)16-13(22-11)8-5-9-14(16)27-10-20(2,3)19(26)23-12-6-4-7-12/h5,8-9,12H,4,6-7,10H2,1-3H3,(H2,21,22)(H,23,26)(H,24,25). The van der Waals surface area contributed by atoms with Gasteiger partial charge < -0.3 is 20.9 Å². The maximum absolute atomic E-state index is 12.5. The number of benzene rings is 1. The highest BCUT2D eigenvalue weighted by molar-refractivity contribution is 6.06. The van der Waals surface area contributed by atoms with Gasteiger partial charge in [0.25, 0.3) is 0 Å². The van der Waals surface area contributed by atoms with Gasteiger partial charge in [0.05, 0.1) is 27.7 Å². The number of hydrogen-bond acceptors (Lipinski definition) is 5. The zero-order valence-electron chi connectivity index (χ0n) is 15.8. The lowest BCUT2D eigenvalue weighted by atomic mass is 9.89. The Bertz CT molecular complexity index is 904. The van der Waals surface area contributed by atoms with Crippen LogP contribution in [-0.4, -0.2) is 34.6 Å². The van der Waals surface area contributed by atoms with E-state index < -0.39 is 11.4 Å². The third kappa shape index (κ3) is 3.67. The van der Waals surface area contributed by atoms with E-state index >= 15 is 0 Å². The number of amides is 1. The third-order valence-electron chi connectivity index (χ3n) is 5.05. The van der Waals surface area contributed by atoms with Gasteiger partial charge in [-0.3, -0.25) is 9.78 Å². The number of carboxylic acid groups (broad SMARTS) is 1. The van der Waals surface area contributed by atoms with Crippen LogP contribution in [0.5, 0.6) is 5.75 Å². The van der Waals surface area contributed by atoms with Crippen LogP contribution in [0.15, 0.2) is 18.2 Å². The molecule has 7 nitrogen and oxygen atoms in total. The van der Waals surface area contributed by atoms with Gasteiger partial charge in [0.2, 0.25) is 5.91 Å². The van der Waals surface area contributed by atoms with Crippen molar-refractivity contribution in [3.05, 3.63) is 29.5 Å². The number of carbonyl (C=O) groups excluding carboxylic acids is 1. The zero-order chi connectivity index (χ0) is 19.8. The number of aromatic nitrogens is 1. The van der Waals surface area contributed by atoms with Crippen LogP contribution in [0, 0.1) is 12.3 Å². The highest BCUT2D eigenvalue weighted by Crippen LogP contribution is 2.34. The van der Waals surface area contributed by atoms with Crippen molar-refractivity contribution in [3.8, 4) is 5.75 Å². The molecule has 0 spiro atoms. The summed E-state index contributed by atoms with van der Waals surface area (Å²) >= 11 is 0. The smallest absolute Gasteiger partial charge is 0.339 e.